The quantitative estimate of drug-likeness (QED) is 0.308. The zero-order valence-corrected chi connectivity index (χ0v) is 22.7. The van der Waals surface area contributed by atoms with Gasteiger partial charge in [0.25, 0.3) is 5.91 Å². The molecule has 3 aromatic rings. The molecule has 10 heteroatoms. The van der Waals surface area contributed by atoms with Crippen molar-refractivity contribution < 1.29 is 9.59 Å². The largest absolute Gasteiger partial charge is 0.374 e. The summed E-state index contributed by atoms with van der Waals surface area (Å²) in [5.74, 6) is -1.99. The van der Waals surface area contributed by atoms with Crippen molar-refractivity contribution in [2.75, 3.05) is 29.1 Å². The van der Waals surface area contributed by atoms with Crippen molar-refractivity contribution in [2.24, 2.45) is 5.92 Å². The number of halogens is 5. The Bertz CT molecular complexity index is 1370. The van der Waals surface area contributed by atoms with Crippen LogP contribution in [0.4, 0.5) is 17.1 Å². The van der Waals surface area contributed by atoms with Gasteiger partial charge in [-0.15, -0.1) is 23.2 Å². The molecule has 0 saturated heterocycles. The van der Waals surface area contributed by atoms with Crippen LogP contribution in [-0.2, 0) is 11.2 Å². The molecule has 36 heavy (non-hydrogen) atoms. The van der Waals surface area contributed by atoms with Crippen LogP contribution < -0.4 is 15.5 Å². The summed E-state index contributed by atoms with van der Waals surface area (Å²) in [6.07, 6.45) is 0.921. The van der Waals surface area contributed by atoms with Gasteiger partial charge in [-0.05, 0) is 72.1 Å². The van der Waals surface area contributed by atoms with E-state index in [4.69, 9.17) is 58.0 Å². The molecule has 0 aromatic heterocycles. The Morgan fingerprint density at radius 2 is 1.58 bits per heavy atom. The topological polar surface area (TPSA) is 61.4 Å². The molecular weight excluding hydrogens is 564 g/mol. The lowest BCUT2D eigenvalue weighted by atomic mass is 10.1. The van der Waals surface area contributed by atoms with Crippen molar-refractivity contribution in [3.63, 3.8) is 0 Å². The Labute approximate surface area is 233 Å². The van der Waals surface area contributed by atoms with E-state index in [-0.39, 0.29) is 16.5 Å². The highest BCUT2D eigenvalue weighted by atomic mass is 35.5. The Morgan fingerprint density at radius 1 is 0.917 bits per heavy atom. The number of nitrogens with zero attached hydrogens (tertiary/aromatic N) is 1. The Morgan fingerprint density at radius 3 is 2.31 bits per heavy atom. The summed E-state index contributed by atoms with van der Waals surface area (Å²) in [5.41, 5.74) is 4.30. The molecule has 1 saturated carbocycles. The van der Waals surface area contributed by atoms with E-state index in [2.05, 4.69) is 15.5 Å². The zero-order chi connectivity index (χ0) is 25.8. The Balaban J connectivity index is 1.31. The predicted octanol–water partition coefficient (Wildman–Crippen LogP) is 7.42. The number of amides is 2. The van der Waals surface area contributed by atoms with E-state index in [1.54, 1.807) is 30.3 Å². The fraction of sp³-hybridized carbons (Fsp3) is 0.231. The van der Waals surface area contributed by atoms with Gasteiger partial charge in [0, 0.05) is 46.6 Å². The number of hydrogen-bond acceptors (Lipinski definition) is 3. The van der Waals surface area contributed by atoms with Crippen LogP contribution in [0.25, 0.3) is 0 Å². The molecule has 2 N–H and O–H groups in total. The first-order chi connectivity index (χ1) is 17.0. The molecule has 2 amide bonds. The van der Waals surface area contributed by atoms with E-state index in [1.165, 1.54) is 11.6 Å². The molecule has 0 bridgehead atoms. The lowest BCUT2D eigenvalue weighted by Crippen LogP contribution is -2.18. The van der Waals surface area contributed by atoms with Crippen LogP contribution in [0.3, 0.4) is 0 Å². The SMILES string of the molecule is CN1CCc2cc(NC(=O)c3cc(NC(=O)C4C(c5cc(Cl)cc(Cl)c5)C4(Cl)Cl)ccc3Cl)ccc21. The maximum atomic E-state index is 13.1. The minimum absolute atomic E-state index is 0.226. The third kappa shape index (κ3) is 4.88. The Hall–Kier alpha value is -2.15. The predicted molar refractivity (Wildman–Crippen MR) is 149 cm³/mol. The van der Waals surface area contributed by atoms with Gasteiger partial charge in [-0.1, -0.05) is 34.8 Å². The standard InChI is InChI=1S/C26H20Cl5N3O2/c1-34-7-6-13-10-17(3-5-21(13)34)32-24(35)19-12-18(2-4-20(19)29)33-25(36)23-22(26(23,30)31)14-8-15(27)11-16(28)9-14/h2-5,8-12,22-23H,6-7H2,1H3,(H,32,35)(H,33,36). The van der Waals surface area contributed by atoms with Crippen molar-refractivity contribution in [3.8, 4) is 0 Å². The lowest BCUT2D eigenvalue weighted by Gasteiger charge is -2.13. The molecule has 1 aliphatic carbocycles. The minimum Gasteiger partial charge on any atom is -0.374 e. The number of fused-ring (bicyclic) bond motifs is 1. The third-order valence-corrected chi connectivity index (χ3v) is 8.23. The lowest BCUT2D eigenvalue weighted by molar-refractivity contribution is -0.117. The summed E-state index contributed by atoms with van der Waals surface area (Å²) in [6, 6.07) is 15.5. The number of hydrogen-bond donors (Lipinski definition) is 2. The summed E-state index contributed by atoms with van der Waals surface area (Å²) < 4.78 is -1.31. The summed E-state index contributed by atoms with van der Waals surface area (Å²) in [7, 11) is 2.04. The second-order valence-electron chi connectivity index (χ2n) is 8.99. The molecule has 2 atom stereocenters. The van der Waals surface area contributed by atoms with E-state index in [0.29, 0.717) is 27.0 Å². The van der Waals surface area contributed by atoms with Gasteiger partial charge in [-0.3, -0.25) is 9.59 Å². The van der Waals surface area contributed by atoms with Gasteiger partial charge in [0.15, 0.2) is 0 Å². The van der Waals surface area contributed by atoms with E-state index >= 15 is 0 Å². The van der Waals surface area contributed by atoms with Gasteiger partial charge >= 0.3 is 0 Å². The van der Waals surface area contributed by atoms with Crippen molar-refractivity contribution in [3.05, 3.63) is 86.4 Å². The molecule has 1 fully saturated rings. The molecular formula is C26H20Cl5N3O2. The molecule has 3 aromatic carbocycles. The number of anilines is 3. The van der Waals surface area contributed by atoms with E-state index in [0.717, 1.165) is 18.7 Å². The summed E-state index contributed by atoms with van der Waals surface area (Å²) in [6.45, 7) is 0.943. The molecule has 5 nitrogen and oxygen atoms in total. The molecule has 5 rings (SSSR count). The maximum Gasteiger partial charge on any atom is 0.257 e. The fourth-order valence-corrected chi connectivity index (χ4v) is 6.24. The van der Waals surface area contributed by atoms with Crippen molar-refractivity contribution in [2.45, 2.75) is 16.7 Å². The van der Waals surface area contributed by atoms with Gasteiger partial charge < -0.3 is 15.5 Å². The first-order valence-corrected chi connectivity index (χ1v) is 13.0. The van der Waals surface area contributed by atoms with Crippen LogP contribution in [-0.4, -0.2) is 29.7 Å². The molecule has 2 unspecified atom stereocenters. The number of benzene rings is 3. The summed E-state index contributed by atoms with van der Waals surface area (Å²) >= 11 is 31.4. The second-order valence-corrected chi connectivity index (χ2v) is 11.7. The monoisotopic (exact) mass is 581 g/mol. The summed E-state index contributed by atoms with van der Waals surface area (Å²) in [4.78, 5) is 28.2. The third-order valence-electron chi connectivity index (χ3n) is 6.52. The van der Waals surface area contributed by atoms with Gasteiger partial charge in [0.2, 0.25) is 5.91 Å². The first kappa shape index (κ1) is 25.5. The number of carbonyl (C=O) groups excluding carboxylic acids is 2. The van der Waals surface area contributed by atoms with Gasteiger partial charge in [0.05, 0.1) is 16.5 Å². The van der Waals surface area contributed by atoms with Crippen LogP contribution in [0.2, 0.25) is 15.1 Å². The highest BCUT2D eigenvalue weighted by molar-refractivity contribution is 6.53. The number of nitrogens with one attached hydrogen (secondary N) is 2. The average Bonchev–Trinajstić information content (AvgIpc) is 3.21. The molecule has 1 aliphatic heterocycles. The van der Waals surface area contributed by atoms with Gasteiger partial charge in [0.1, 0.15) is 4.33 Å². The first-order valence-electron chi connectivity index (χ1n) is 11.1. The van der Waals surface area contributed by atoms with Gasteiger partial charge in [-0.2, -0.15) is 0 Å². The zero-order valence-electron chi connectivity index (χ0n) is 18.9. The van der Waals surface area contributed by atoms with Crippen LogP contribution >= 0.6 is 58.0 Å². The molecule has 186 valence electrons. The molecule has 2 aliphatic rings. The normalized spacial score (nSPS) is 19.6. The Kier molecular flexibility index (Phi) is 6.81. The maximum absolute atomic E-state index is 13.1. The van der Waals surface area contributed by atoms with Crippen LogP contribution in [0.1, 0.15) is 27.4 Å². The van der Waals surface area contributed by atoms with Crippen molar-refractivity contribution in [1.29, 1.82) is 0 Å². The van der Waals surface area contributed by atoms with Crippen molar-refractivity contribution in [1.82, 2.24) is 0 Å². The van der Waals surface area contributed by atoms with Crippen LogP contribution in [0.5, 0.6) is 0 Å². The highest BCUT2D eigenvalue weighted by Crippen LogP contribution is 2.65. The number of alkyl halides is 2. The second kappa shape index (κ2) is 9.62. The van der Waals surface area contributed by atoms with Crippen LogP contribution in [0, 0.1) is 5.92 Å². The van der Waals surface area contributed by atoms with E-state index < -0.39 is 22.1 Å². The molecule has 0 radical (unpaired) electrons. The molecule has 0 spiro atoms. The smallest absolute Gasteiger partial charge is 0.257 e. The van der Waals surface area contributed by atoms with Crippen molar-refractivity contribution >= 4 is 86.9 Å². The van der Waals surface area contributed by atoms with E-state index in [9.17, 15) is 9.59 Å². The number of rotatable bonds is 5. The highest BCUT2D eigenvalue weighted by Gasteiger charge is 2.67. The van der Waals surface area contributed by atoms with E-state index in [1.807, 2.05) is 25.2 Å². The van der Waals surface area contributed by atoms with Gasteiger partial charge in [-0.25, -0.2) is 0 Å². The molecule has 1 heterocycles. The summed E-state index contributed by atoms with van der Waals surface area (Å²) in [5, 5.41) is 6.80. The fourth-order valence-electron chi connectivity index (χ4n) is 4.66. The van der Waals surface area contributed by atoms with Crippen LogP contribution in [0.15, 0.2) is 54.6 Å². The minimum atomic E-state index is -1.31. The number of carbonyl (C=O) groups is 2. The average molecular weight is 584 g/mol. The number of likely N-dealkylation sites (N-methyl/N-ethyl adjacent to an activating group) is 1.